The molecule has 0 aliphatic carbocycles. The number of β-lactam (4-membered cyclic amide) rings is 1. The average Bonchev–Trinajstić information content (AvgIpc) is 3.47. The quantitative estimate of drug-likeness (QED) is 0.427. The SMILES string of the molecule is COc1ccc2c(c1F)C(=O)N(C[C@@]1(c3cc4nc(C)c(N5CCC5=O)cc4o3)CC(=O)NC1=O)C2. The number of halogens is 1. The van der Waals surface area contributed by atoms with E-state index < -0.39 is 29.0 Å². The fourth-order valence-electron chi connectivity index (χ4n) is 5.19. The summed E-state index contributed by atoms with van der Waals surface area (Å²) in [6.45, 7) is 2.23. The number of pyridine rings is 1. The number of imide groups is 1. The van der Waals surface area contributed by atoms with Gasteiger partial charge < -0.3 is 19.0 Å². The molecule has 6 rings (SSSR count). The van der Waals surface area contributed by atoms with E-state index in [2.05, 4.69) is 10.3 Å². The maximum Gasteiger partial charge on any atom is 0.257 e. The monoisotopic (exact) mass is 492 g/mol. The summed E-state index contributed by atoms with van der Waals surface area (Å²) < 4.78 is 25.9. The Bertz CT molecular complexity index is 1510. The third-order valence-electron chi connectivity index (χ3n) is 7.17. The number of carbonyl (C=O) groups is 4. The Morgan fingerprint density at radius 1 is 1.22 bits per heavy atom. The van der Waals surface area contributed by atoms with Gasteiger partial charge in [-0.25, -0.2) is 9.37 Å². The highest BCUT2D eigenvalue weighted by molar-refractivity contribution is 6.10. The molecule has 0 spiro atoms. The number of aromatic nitrogens is 1. The summed E-state index contributed by atoms with van der Waals surface area (Å²) in [5, 5.41) is 2.31. The van der Waals surface area contributed by atoms with E-state index in [4.69, 9.17) is 9.15 Å². The molecular weight excluding hydrogens is 471 g/mol. The number of nitrogens with zero attached hydrogens (tertiary/aromatic N) is 3. The zero-order valence-corrected chi connectivity index (χ0v) is 19.5. The van der Waals surface area contributed by atoms with Crippen molar-refractivity contribution in [2.24, 2.45) is 0 Å². The number of carbonyl (C=O) groups excluding carboxylic acids is 4. The van der Waals surface area contributed by atoms with Gasteiger partial charge >= 0.3 is 0 Å². The molecule has 3 aromatic rings. The van der Waals surface area contributed by atoms with Crippen molar-refractivity contribution in [3.8, 4) is 5.75 Å². The van der Waals surface area contributed by atoms with E-state index in [0.29, 0.717) is 41.0 Å². The first-order chi connectivity index (χ1) is 17.2. The van der Waals surface area contributed by atoms with Crippen LogP contribution < -0.4 is 15.0 Å². The molecular formula is C25H21FN4O6. The Kier molecular flexibility index (Phi) is 4.69. The Morgan fingerprint density at radius 2 is 2.03 bits per heavy atom. The van der Waals surface area contributed by atoms with E-state index in [9.17, 15) is 23.6 Å². The van der Waals surface area contributed by atoms with Gasteiger partial charge in [-0.2, -0.15) is 0 Å². The number of ether oxygens (including phenoxy) is 1. The van der Waals surface area contributed by atoms with Crippen LogP contribution in [-0.4, -0.2) is 53.7 Å². The highest BCUT2D eigenvalue weighted by atomic mass is 19.1. The summed E-state index contributed by atoms with van der Waals surface area (Å²) in [6, 6.07) is 6.33. The summed E-state index contributed by atoms with van der Waals surface area (Å²) in [7, 11) is 1.31. The minimum atomic E-state index is -1.52. The Hall–Kier alpha value is -4.28. The number of furan rings is 1. The summed E-state index contributed by atoms with van der Waals surface area (Å²) in [5.41, 5.74) is 0.885. The van der Waals surface area contributed by atoms with Crippen molar-refractivity contribution in [1.29, 1.82) is 0 Å². The minimum Gasteiger partial charge on any atom is -0.494 e. The van der Waals surface area contributed by atoms with E-state index in [0.717, 1.165) is 0 Å². The van der Waals surface area contributed by atoms with Crippen LogP contribution in [0.3, 0.4) is 0 Å². The van der Waals surface area contributed by atoms with Crippen LogP contribution in [0.1, 0.15) is 40.2 Å². The van der Waals surface area contributed by atoms with Crippen LogP contribution >= 0.6 is 0 Å². The van der Waals surface area contributed by atoms with Gasteiger partial charge in [0.1, 0.15) is 16.7 Å². The molecule has 36 heavy (non-hydrogen) atoms. The molecule has 0 unspecified atom stereocenters. The highest BCUT2D eigenvalue weighted by Gasteiger charge is 2.53. The number of methoxy groups -OCH3 is 1. The first kappa shape index (κ1) is 22.2. The first-order valence-corrected chi connectivity index (χ1v) is 11.4. The third-order valence-corrected chi connectivity index (χ3v) is 7.17. The summed E-state index contributed by atoms with van der Waals surface area (Å²) in [6.07, 6.45) is 0.221. The molecule has 1 atom stereocenters. The smallest absolute Gasteiger partial charge is 0.257 e. The molecule has 184 valence electrons. The summed E-state index contributed by atoms with van der Waals surface area (Å²) in [4.78, 5) is 58.1. The van der Waals surface area contributed by atoms with Crippen LogP contribution in [0.2, 0.25) is 0 Å². The van der Waals surface area contributed by atoms with Gasteiger partial charge in [0.05, 0.1) is 30.5 Å². The van der Waals surface area contributed by atoms with Crippen LogP contribution in [0.25, 0.3) is 11.1 Å². The van der Waals surface area contributed by atoms with Gasteiger partial charge in [-0.15, -0.1) is 0 Å². The van der Waals surface area contributed by atoms with Gasteiger partial charge in [-0.3, -0.25) is 24.5 Å². The topological polar surface area (TPSA) is 122 Å². The van der Waals surface area contributed by atoms with Gasteiger partial charge in [0.15, 0.2) is 17.1 Å². The van der Waals surface area contributed by atoms with Crippen molar-refractivity contribution < 1.29 is 32.7 Å². The lowest BCUT2D eigenvalue weighted by molar-refractivity contribution is -0.127. The second-order valence-electron chi connectivity index (χ2n) is 9.30. The molecule has 10 nitrogen and oxygen atoms in total. The van der Waals surface area contributed by atoms with Crippen LogP contribution in [0.4, 0.5) is 10.1 Å². The minimum absolute atomic E-state index is 0.0146. The average molecular weight is 492 g/mol. The standard InChI is InChI=1S/C25H21FN4O6/c1-12-15(30-6-5-20(30)32)8-17-14(27-12)7-18(36-17)25(9-19(31)28-24(25)34)11-29-10-13-3-4-16(35-2)22(26)21(13)23(29)33/h3-4,7-8H,5-6,9-11H2,1-2H3,(H,28,31,34)/t25-/m1/s1. The number of amides is 4. The molecule has 1 N–H and O–H groups in total. The molecule has 2 saturated heterocycles. The number of anilines is 1. The fraction of sp³-hybridized carbons (Fsp3) is 0.320. The van der Waals surface area contributed by atoms with Gasteiger partial charge in [0, 0.05) is 38.2 Å². The van der Waals surface area contributed by atoms with Crippen LogP contribution in [-0.2, 0) is 26.3 Å². The van der Waals surface area contributed by atoms with E-state index in [1.54, 1.807) is 30.0 Å². The molecule has 0 saturated carbocycles. The predicted molar refractivity (Wildman–Crippen MR) is 123 cm³/mol. The molecule has 11 heteroatoms. The third kappa shape index (κ3) is 3.05. The second-order valence-corrected chi connectivity index (χ2v) is 9.30. The Morgan fingerprint density at radius 3 is 2.67 bits per heavy atom. The lowest BCUT2D eigenvalue weighted by atomic mass is 9.82. The van der Waals surface area contributed by atoms with Crippen molar-refractivity contribution in [2.75, 3.05) is 25.1 Å². The number of benzene rings is 1. The van der Waals surface area contributed by atoms with Crippen LogP contribution in [0.5, 0.6) is 5.75 Å². The van der Waals surface area contributed by atoms with Gasteiger partial charge in [0.25, 0.3) is 5.91 Å². The predicted octanol–water partition coefficient (Wildman–Crippen LogP) is 1.96. The molecule has 5 heterocycles. The summed E-state index contributed by atoms with van der Waals surface area (Å²) in [5.74, 6) is -2.38. The van der Waals surface area contributed by atoms with Crippen LogP contribution in [0, 0.1) is 12.7 Å². The molecule has 2 fully saturated rings. The second kappa shape index (κ2) is 7.61. The van der Waals surface area contributed by atoms with Gasteiger partial charge in [-0.05, 0) is 18.6 Å². The van der Waals surface area contributed by atoms with Crippen molar-refractivity contribution in [1.82, 2.24) is 15.2 Å². The lowest BCUT2D eigenvalue weighted by Gasteiger charge is -2.31. The zero-order valence-electron chi connectivity index (χ0n) is 19.5. The number of hydrogen-bond acceptors (Lipinski definition) is 7. The lowest BCUT2D eigenvalue weighted by Crippen LogP contribution is -2.46. The van der Waals surface area contributed by atoms with E-state index in [1.165, 1.54) is 18.1 Å². The molecule has 1 aromatic carbocycles. The first-order valence-electron chi connectivity index (χ1n) is 11.4. The normalized spacial score (nSPS) is 21.3. The molecule has 0 bridgehead atoms. The zero-order chi connectivity index (χ0) is 25.4. The van der Waals surface area contributed by atoms with E-state index in [-0.39, 0.29) is 42.5 Å². The Balaban J connectivity index is 1.40. The van der Waals surface area contributed by atoms with Crippen molar-refractivity contribution in [2.45, 2.75) is 31.7 Å². The number of rotatable bonds is 5. The highest BCUT2D eigenvalue weighted by Crippen LogP contribution is 2.40. The van der Waals surface area contributed by atoms with Crippen molar-refractivity contribution in [3.63, 3.8) is 0 Å². The molecule has 2 aromatic heterocycles. The van der Waals surface area contributed by atoms with Crippen LogP contribution in [0.15, 0.2) is 28.7 Å². The Labute approximate surface area is 204 Å². The number of fused-ring (bicyclic) bond motifs is 2. The number of hydrogen-bond donors (Lipinski definition) is 1. The van der Waals surface area contributed by atoms with Gasteiger partial charge in [0.2, 0.25) is 17.7 Å². The molecule has 3 aliphatic heterocycles. The maximum absolute atomic E-state index is 14.8. The maximum atomic E-state index is 14.8. The molecule has 4 amide bonds. The number of nitrogens with one attached hydrogen (secondary N) is 1. The van der Waals surface area contributed by atoms with E-state index in [1.807, 2.05) is 0 Å². The van der Waals surface area contributed by atoms with E-state index >= 15 is 0 Å². The van der Waals surface area contributed by atoms with Gasteiger partial charge in [-0.1, -0.05) is 6.07 Å². The molecule has 3 aliphatic rings. The van der Waals surface area contributed by atoms with Crippen molar-refractivity contribution >= 4 is 40.4 Å². The molecule has 0 radical (unpaired) electrons. The van der Waals surface area contributed by atoms with Crippen molar-refractivity contribution in [3.05, 3.63) is 52.7 Å². The summed E-state index contributed by atoms with van der Waals surface area (Å²) >= 11 is 0. The number of aryl methyl sites for hydroxylation is 1. The largest absolute Gasteiger partial charge is 0.494 e. The fourth-order valence-corrected chi connectivity index (χ4v) is 5.19.